The third-order valence-corrected chi connectivity index (χ3v) is 2.11. The van der Waals surface area contributed by atoms with E-state index in [-0.39, 0.29) is 6.09 Å². The molecule has 1 saturated heterocycles. The van der Waals surface area contributed by atoms with Gasteiger partial charge in [0.15, 0.2) is 0 Å². The number of hydrazine groups is 1. The fraction of sp³-hybridized carbons (Fsp3) is 0.889. The summed E-state index contributed by atoms with van der Waals surface area (Å²) in [5, 5.41) is 1.71. The van der Waals surface area contributed by atoms with Gasteiger partial charge in [0, 0.05) is 26.2 Å². The first-order chi connectivity index (χ1) is 6.59. The second-order valence-corrected chi connectivity index (χ2v) is 3.99. The average Bonchev–Trinajstić information content (AvgIpc) is 2.15. The van der Waals surface area contributed by atoms with Crippen LogP contribution in [-0.2, 0) is 4.74 Å². The monoisotopic (exact) mass is 201 g/mol. The predicted molar refractivity (Wildman–Crippen MR) is 53.5 cm³/mol. The van der Waals surface area contributed by atoms with Crippen LogP contribution in [0, 0.1) is 5.92 Å². The maximum Gasteiger partial charge on any atom is 0.409 e. The van der Waals surface area contributed by atoms with Gasteiger partial charge in [-0.05, 0) is 5.92 Å². The van der Waals surface area contributed by atoms with E-state index in [1.165, 1.54) is 0 Å². The molecule has 2 N–H and O–H groups in total. The Morgan fingerprint density at radius 2 is 1.93 bits per heavy atom. The molecular weight excluding hydrogens is 182 g/mol. The highest BCUT2D eigenvalue weighted by atomic mass is 16.6. The summed E-state index contributed by atoms with van der Waals surface area (Å²) in [5.41, 5.74) is 0. The van der Waals surface area contributed by atoms with Crippen LogP contribution in [0.2, 0.25) is 0 Å². The number of ether oxygens (including phenoxy) is 1. The van der Waals surface area contributed by atoms with Crippen molar-refractivity contribution in [3.05, 3.63) is 0 Å². The van der Waals surface area contributed by atoms with Gasteiger partial charge in [-0.3, -0.25) is 5.84 Å². The highest BCUT2D eigenvalue weighted by Gasteiger charge is 2.20. The first kappa shape index (κ1) is 11.3. The molecule has 0 aromatic rings. The quantitative estimate of drug-likeness (QED) is 0.651. The summed E-state index contributed by atoms with van der Waals surface area (Å²) < 4.78 is 5.11. The second-order valence-electron chi connectivity index (χ2n) is 3.99. The van der Waals surface area contributed by atoms with E-state index in [0.29, 0.717) is 25.6 Å². The molecule has 1 aliphatic heterocycles. The smallest absolute Gasteiger partial charge is 0.409 e. The van der Waals surface area contributed by atoms with Crippen molar-refractivity contribution in [3.8, 4) is 0 Å². The van der Waals surface area contributed by atoms with E-state index >= 15 is 0 Å². The number of carbonyl (C=O) groups is 1. The fourth-order valence-corrected chi connectivity index (χ4v) is 1.23. The third kappa shape index (κ3) is 3.51. The lowest BCUT2D eigenvalue weighted by Crippen LogP contribution is -2.51. The van der Waals surface area contributed by atoms with Crippen molar-refractivity contribution in [2.75, 3.05) is 32.8 Å². The number of amides is 1. The van der Waals surface area contributed by atoms with E-state index in [2.05, 4.69) is 0 Å². The van der Waals surface area contributed by atoms with Crippen molar-refractivity contribution in [1.29, 1.82) is 0 Å². The van der Waals surface area contributed by atoms with Gasteiger partial charge in [-0.2, -0.15) is 0 Å². The maximum atomic E-state index is 11.5. The average molecular weight is 201 g/mol. The molecule has 0 unspecified atom stereocenters. The van der Waals surface area contributed by atoms with Crippen molar-refractivity contribution < 1.29 is 9.53 Å². The summed E-state index contributed by atoms with van der Waals surface area (Å²) >= 11 is 0. The lowest BCUT2D eigenvalue weighted by molar-refractivity contribution is 0.0692. The molecule has 0 spiro atoms. The van der Waals surface area contributed by atoms with Crippen molar-refractivity contribution in [2.24, 2.45) is 11.8 Å². The first-order valence-electron chi connectivity index (χ1n) is 5.01. The van der Waals surface area contributed by atoms with Crippen molar-refractivity contribution >= 4 is 6.09 Å². The topological polar surface area (TPSA) is 58.8 Å². The predicted octanol–water partition coefficient (Wildman–Crippen LogP) is 0.270. The molecule has 5 nitrogen and oxygen atoms in total. The minimum absolute atomic E-state index is 0.216. The lowest BCUT2D eigenvalue weighted by atomic mass is 10.2. The van der Waals surface area contributed by atoms with Gasteiger partial charge in [-0.15, -0.1) is 0 Å². The molecule has 1 heterocycles. The summed E-state index contributed by atoms with van der Waals surface area (Å²) in [6.07, 6.45) is -0.216. The van der Waals surface area contributed by atoms with Gasteiger partial charge in [0.2, 0.25) is 0 Å². The standard InChI is InChI=1S/C9H19N3O2/c1-8(2)7-14-9(13)11-3-5-12(10)6-4-11/h8H,3-7,10H2,1-2H3. The van der Waals surface area contributed by atoms with Gasteiger partial charge >= 0.3 is 6.09 Å². The van der Waals surface area contributed by atoms with Gasteiger partial charge in [0.1, 0.15) is 0 Å². The zero-order chi connectivity index (χ0) is 10.6. The Balaban J connectivity index is 2.24. The zero-order valence-electron chi connectivity index (χ0n) is 8.90. The van der Waals surface area contributed by atoms with Crippen LogP contribution < -0.4 is 5.84 Å². The molecule has 14 heavy (non-hydrogen) atoms. The first-order valence-corrected chi connectivity index (χ1v) is 5.01. The molecular formula is C9H19N3O2. The molecule has 0 atom stereocenters. The van der Waals surface area contributed by atoms with Gasteiger partial charge in [0.05, 0.1) is 6.61 Å². The van der Waals surface area contributed by atoms with E-state index in [4.69, 9.17) is 10.6 Å². The Morgan fingerprint density at radius 1 is 1.36 bits per heavy atom. The Morgan fingerprint density at radius 3 is 2.43 bits per heavy atom. The number of carbonyl (C=O) groups excluding carboxylic acids is 1. The van der Waals surface area contributed by atoms with Gasteiger partial charge < -0.3 is 9.64 Å². The van der Waals surface area contributed by atoms with E-state index in [0.717, 1.165) is 13.1 Å². The van der Waals surface area contributed by atoms with Crippen LogP contribution in [0.3, 0.4) is 0 Å². The second kappa shape index (κ2) is 5.17. The zero-order valence-corrected chi connectivity index (χ0v) is 8.90. The summed E-state index contributed by atoms with van der Waals surface area (Å²) in [4.78, 5) is 13.2. The molecule has 5 heteroatoms. The van der Waals surface area contributed by atoms with Crippen molar-refractivity contribution in [3.63, 3.8) is 0 Å². The molecule has 1 aliphatic rings. The molecule has 1 rings (SSSR count). The van der Waals surface area contributed by atoms with Gasteiger partial charge in [0.25, 0.3) is 0 Å². The van der Waals surface area contributed by atoms with Crippen LogP contribution in [0.4, 0.5) is 4.79 Å². The molecule has 0 saturated carbocycles. The summed E-state index contributed by atoms with van der Waals surface area (Å²) in [5.74, 6) is 5.96. The van der Waals surface area contributed by atoms with Crippen molar-refractivity contribution in [2.45, 2.75) is 13.8 Å². The van der Waals surface area contributed by atoms with Crippen LogP contribution in [0.25, 0.3) is 0 Å². The molecule has 0 radical (unpaired) electrons. The number of nitrogens with two attached hydrogens (primary N) is 1. The fourth-order valence-electron chi connectivity index (χ4n) is 1.23. The minimum Gasteiger partial charge on any atom is -0.449 e. The Kier molecular flexibility index (Phi) is 4.16. The Labute approximate surface area is 84.8 Å². The molecule has 0 bridgehead atoms. The number of hydrogen-bond acceptors (Lipinski definition) is 4. The highest BCUT2D eigenvalue weighted by molar-refractivity contribution is 5.67. The molecule has 1 fully saturated rings. The van der Waals surface area contributed by atoms with Crippen LogP contribution in [-0.4, -0.2) is 48.8 Å². The SMILES string of the molecule is CC(C)COC(=O)N1CCN(N)CC1. The van der Waals surface area contributed by atoms with Crippen LogP contribution >= 0.6 is 0 Å². The third-order valence-electron chi connectivity index (χ3n) is 2.11. The number of piperazine rings is 1. The van der Waals surface area contributed by atoms with Crippen LogP contribution in [0.15, 0.2) is 0 Å². The van der Waals surface area contributed by atoms with E-state index in [1.807, 2.05) is 13.8 Å². The molecule has 0 aromatic carbocycles. The summed E-state index contributed by atoms with van der Waals surface area (Å²) in [6.45, 7) is 7.28. The van der Waals surface area contributed by atoms with E-state index in [9.17, 15) is 4.79 Å². The Hall–Kier alpha value is -0.810. The summed E-state index contributed by atoms with van der Waals surface area (Å²) in [6, 6.07) is 0. The number of nitrogens with zero attached hydrogens (tertiary/aromatic N) is 2. The molecule has 1 amide bonds. The lowest BCUT2D eigenvalue weighted by Gasteiger charge is -2.31. The Bertz CT molecular complexity index is 188. The van der Waals surface area contributed by atoms with Gasteiger partial charge in [-0.25, -0.2) is 9.80 Å². The van der Waals surface area contributed by atoms with E-state index < -0.39 is 0 Å². The molecule has 82 valence electrons. The minimum atomic E-state index is -0.216. The van der Waals surface area contributed by atoms with Crippen LogP contribution in [0.1, 0.15) is 13.8 Å². The highest BCUT2D eigenvalue weighted by Crippen LogP contribution is 2.02. The number of hydrogen-bond donors (Lipinski definition) is 1. The molecule has 0 aliphatic carbocycles. The van der Waals surface area contributed by atoms with E-state index in [1.54, 1.807) is 9.91 Å². The largest absolute Gasteiger partial charge is 0.449 e. The molecule has 0 aromatic heterocycles. The van der Waals surface area contributed by atoms with Crippen molar-refractivity contribution in [1.82, 2.24) is 9.91 Å². The number of rotatable bonds is 2. The van der Waals surface area contributed by atoms with Gasteiger partial charge in [-0.1, -0.05) is 13.8 Å². The normalized spacial score (nSPS) is 18.7. The van der Waals surface area contributed by atoms with Crippen LogP contribution in [0.5, 0.6) is 0 Å². The summed E-state index contributed by atoms with van der Waals surface area (Å²) in [7, 11) is 0. The maximum absolute atomic E-state index is 11.5.